The van der Waals surface area contributed by atoms with Gasteiger partial charge in [0.2, 0.25) is 5.95 Å². The van der Waals surface area contributed by atoms with Crippen molar-refractivity contribution >= 4 is 17.7 Å². The summed E-state index contributed by atoms with van der Waals surface area (Å²) in [6, 6.07) is 0.670. The highest BCUT2D eigenvalue weighted by molar-refractivity contribution is 7.98. The average molecular weight is 281 g/mol. The molecule has 0 spiro atoms. The standard InChI is InChI=1S/C15H27N3S/c1-13-12-18(14-8-4-3-5-9-14)15(17-13)16-10-6-7-11-19-2/h12,14H,3-11H2,1-2H3,(H,16,17). The summed E-state index contributed by atoms with van der Waals surface area (Å²) in [4.78, 5) is 4.65. The number of unbranched alkanes of at least 4 members (excludes halogenated alkanes) is 1. The molecule has 0 bridgehead atoms. The Morgan fingerprint density at radius 1 is 1.32 bits per heavy atom. The molecule has 1 aliphatic carbocycles. The van der Waals surface area contributed by atoms with Crippen molar-refractivity contribution in [1.29, 1.82) is 0 Å². The second kappa shape index (κ2) is 7.83. The molecule has 1 aromatic rings. The molecular weight excluding hydrogens is 254 g/mol. The maximum Gasteiger partial charge on any atom is 0.203 e. The minimum Gasteiger partial charge on any atom is -0.356 e. The number of hydrogen-bond donors (Lipinski definition) is 1. The van der Waals surface area contributed by atoms with Crippen LogP contribution in [0, 0.1) is 6.92 Å². The summed E-state index contributed by atoms with van der Waals surface area (Å²) < 4.78 is 2.39. The Morgan fingerprint density at radius 2 is 2.11 bits per heavy atom. The summed E-state index contributed by atoms with van der Waals surface area (Å²) in [5.41, 5.74) is 1.14. The van der Waals surface area contributed by atoms with E-state index in [2.05, 4.69) is 34.2 Å². The van der Waals surface area contributed by atoms with Crippen LogP contribution in [0.2, 0.25) is 0 Å². The molecule has 0 atom stereocenters. The number of thioether (sulfide) groups is 1. The highest BCUT2D eigenvalue weighted by Gasteiger charge is 2.18. The number of hydrogen-bond acceptors (Lipinski definition) is 3. The molecule has 108 valence electrons. The molecule has 0 aliphatic heterocycles. The van der Waals surface area contributed by atoms with Gasteiger partial charge in [0.15, 0.2) is 0 Å². The number of imidazole rings is 1. The molecule has 1 heterocycles. The first-order chi connectivity index (χ1) is 9.31. The molecule has 3 nitrogen and oxygen atoms in total. The number of aromatic nitrogens is 2. The molecule has 1 aromatic heterocycles. The zero-order valence-corrected chi connectivity index (χ0v) is 13.1. The topological polar surface area (TPSA) is 29.9 Å². The van der Waals surface area contributed by atoms with Crippen molar-refractivity contribution in [3.8, 4) is 0 Å². The molecule has 0 aromatic carbocycles. The van der Waals surface area contributed by atoms with Gasteiger partial charge in [0.05, 0.1) is 5.69 Å². The van der Waals surface area contributed by atoms with E-state index in [0.717, 1.165) is 18.2 Å². The van der Waals surface area contributed by atoms with Crippen LogP contribution in [-0.4, -0.2) is 28.1 Å². The van der Waals surface area contributed by atoms with Gasteiger partial charge in [-0.25, -0.2) is 4.98 Å². The number of aryl methyl sites for hydroxylation is 1. The second-order valence-corrected chi connectivity index (χ2v) is 6.52. The largest absolute Gasteiger partial charge is 0.356 e. The van der Waals surface area contributed by atoms with Gasteiger partial charge in [-0.3, -0.25) is 0 Å². The third kappa shape index (κ3) is 4.44. The fourth-order valence-electron chi connectivity index (χ4n) is 2.86. The summed E-state index contributed by atoms with van der Waals surface area (Å²) in [7, 11) is 0. The zero-order valence-electron chi connectivity index (χ0n) is 12.3. The van der Waals surface area contributed by atoms with E-state index in [4.69, 9.17) is 0 Å². The monoisotopic (exact) mass is 281 g/mol. The summed E-state index contributed by atoms with van der Waals surface area (Å²) in [5.74, 6) is 2.35. The highest BCUT2D eigenvalue weighted by Crippen LogP contribution is 2.30. The van der Waals surface area contributed by atoms with Crippen molar-refractivity contribution in [2.24, 2.45) is 0 Å². The lowest BCUT2D eigenvalue weighted by Gasteiger charge is -2.24. The van der Waals surface area contributed by atoms with E-state index < -0.39 is 0 Å². The summed E-state index contributed by atoms with van der Waals surface area (Å²) >= 11 is 1.93. The zero-order chi connectivity index (χ0) is 13.5. The van der Waals surface area contributed by atoms with Gasteiger partial charge in [0.1, 0.15) is 0 Å². The second-order valence-electron chi connectivity index (χ2n) is 5.53. The number of nitrogens with zero attached hydrogens (tertiary/aromatic N) is 2. The predicted octanol–water partition coefficient (Wildman–Crippen LogP) is 4.25. The molecule has 0 amide bonds. The van der Waals surface area contributed by atoms with Crippen LogP contribution in [-0.2, 0) is 0 Å². The van der Waals surface area contributed by atoms with Gasteiger partial charge >= 0.3 is 0 Å². The Labute approximate surface area is 121 Å². The Kier molecular flexibility index (Phi) is 6.08. The van der Waals surface area contributed by atoms with Gasteiger partial charge in [0, 0.05) is 18.8 Å². The average Bonchev–Trinajstić information content (AvgIpc) is 2.81. The Hall–Kier alpha value is -0.640. The van der Waals surface area contributed by atoms with E-state index in [1.54, 1.807) is 0 Å². The van der Waals surface area contributed by atoms with Crippen LogP contribution in [0.3, 0.4) is 0 Å². The van der Waals surface area contributed by atoms with Crippen molar-refractivity contribution in [2.75, 3.05) is 23.9 Å². The van der Waals surface area contributed by atoms with Gasteiger partial charge in [-0.05, 0) is 44.6 Å². The van der Waals surface area contributed by atoms with Crippen molar-refractivity contribution in [3.05, 3.63) is 11.9 Å². The molecule has 19 heavy (non-hydrogen) atoms. The summed E-state index contributed by atoms with van der Waals surface area (Å²) in [6.07, 6.45) is 13.7. The first kappa shape index (κ1) is 14.8. The van der Waals surface area contributed by atoms with E-state index in [0.29, 0.717) is 6.04 Å². The molecule has 0 unspecified atom stereocenters. The van der Waals surface area contributed by atoms with E-state index in [-0.39, 0.29) is 0 Å². The van der Waals surface area contributed by atoms with Crippen LogP contribution in [0.4, 0.5) is 5.95 Å². The van der Waals surface area contributed by atoms with Crippen LogP contribution in [0.25, 0.3) is 0 Å². The first-order valence-electron chi connectivity index (χ1n) is 7.59. The van der Waals surface area contributed by atoms with Crippen LogP contribution in [0.1, 0.15) is 56.7 Å². The highest BCUT2D eigenvalue weighted by atomic mass is 32.2. The van der Waals surface area contributed by atoms with Gasteiger partial charge in [-0.2, -0.15) is 11.8 Å². The minimum atomic E-state index is 0.670. The smallest absolute Gasteiger partial charge is 0.203 e. The van der Waals surface area contributed by atoms with E-state index in [1.165, 1.54) is 50.7 Å². The lowest BCUT2D eigenvalue weighted by atomic mass is 9.95. The lowest BCUT2D eigenvalue weighted by molar-refractivity contribution is 0.355. The van der Waals surface area contributed by atoms with Gasteiger partial charge in [-0.15, -0.1) is 0 Å². The van der Waals surface area contributed by atoms with Crippen molar-refractivity contribution < 1.29 is 0 Å². The fraction of sp³-hybridized carbons (Fsp3) is 0.800. The van der Waals surface area contributed by atoms with E-state index in [1.807, 2.05) is 11.8 Å². The number of nitrogens with one attached hydrogen (secondary N) is 1. The molecule has 1 N–H and O–H groups in total. The number of rotatable bonds is 7. The lowest BCUT2D eigenvalue weighted by Crippen LogP contribution is -2.16. The van der Waals surface area contributed by atoms with Gasteiger partial charge in [-0.1, -0.05) is 19.3 Å². The molecule has 1 aliphatic rings. The summed E-state index contributed by atoms with van der Waals surface area (Å²) in [6.45, 7) is 3.14. The van der Waals surface area contributed by atoms with Crippen LogP contribution in [0.5, 0.6) is 0 Å². The van der Waals surface area contributed by atoms with Gasteiger partial charge in [0.25, 0.3) is 0 Å². The predicted molar refractivity (Wildman–Crippen MR) is 85.2 cm³/mol. The quantitative estimate of drug-likeness (QED) is 0.758. The molecular formula is C15H27N3S. The molecule has 0 radical (unpaired) electrons. The minimum absolute atomic E-state index is 0.670. The third-order valence-electron chi connectivity index (χ3n) is 3.88. The normalized spacial score (nSPS) is 16.7. The van der Waals surface area contributed by atoms with Crippen LogP contribution < -0.4 is 5.32 Å². The molecule has 2 rings (SSSR count). The van der Waals surface area contributed by atoms with Crippen molar-refractivity contribution in [2.45, 2.75) is 57.9 Å². The maximum absolute atomic E-state index is 4.65. The van der Waals surface area contributed by atoms with Crippen LogP contribution in [0.15, 0.2) is 6.20 Å². The van der Waals surface area contributed by atoms with Crippen LogP contribution >= 0.6 is 11.8 Å². The SMILES string of the molecule is CSCCCCNc1nc(C)cn1C1CCCCC1. The number of anilines is 1. The Bertz CT molecular complexity index is 369. The summed E-state index contributed by atoms with van der Waals surface area (Å²) in [5, 5.41) is 3.53. The van der Waals surface area contributed by atoms with Crippen molar-refractivity contribution in [1.82, 2.24) is 9.55 Å². The molecule has 1 saturated carbocycles. The molecule has 4 heteroatoms. The molecule has 0 saturated heterocycles. The third-order valence-corrected chi connectivity index (χ3v) is 4.58. The van der Waals surface area contributed by atoms with Crippen molar-refractivity contribution in [3.63, 3.8) is 0 Å². The maximum atomic E-state index is 4.65. The molecule has 1 fully saturated rings. The van der Waals surface area contributed by atoms with E-state index in [9.17, 15) is 0 Å². The van der Waals surface area contributed by atoms with E-state index >= 15 is 0 Å². The Morgan fingerprint density at radius 3 is 2.84 bits per heavy atom. The first-order valence-corrected chi connectivity index (χ1v) is 8.99. The fourth-order valence-corrected chi connectivity index (χ4v) is 3.35. The Balaban J connectivity index is 1.88. The van der Waals surface area contributed by atoms with Gasteiger partial charge < -0.3 is 9.88 Å².